The summed E-state index contributed by atoms with van der Waals surface area (Å²) in [5.41, 5.74) is 9.77. The average Bonchev–Trinajstić information content (AvgIpc) is 3.83. The second-order valence-electron chi connectivity index (χ2n) is 14.8. The van der Waals surface area contributed by atoms with E-state index in [1.807, 2.05) is 18.2 Å². The zero-order valence-corrected chi connectivity index (χ0v) is 31.2. The van der Waals surface area contributed by atoms with Gasteiger partial charge in [-0.05, 0) is 75.1 Å². The molecule has 12 rings (SSSR count). The van der Waals surface area contributed by atoms with Crippen molar-refractivity contribution in [2.75, 3.05) is 0 Å². The highest BCUT2D eigenvalue weighted by atomic mass is 16.3. The molecule has 0 amide bonds. The SMILES string of the molecule is c1ccc(-c2ccc(-c3nc(-c4ccc5ccccc5c4)nc(-c4ccc5oc6ccccc6c5c4-n4c5ccccc5c5cc6ccccc6cc54)n3)cc2)cc1. The maximum atomic E-state index is 6.58. The van der Waals surface area contributed by atoms with E-state index < -0.39 is 0 Å². The Balaban J connectivity index is 1.18. The number of benzene rings is 9. The average molecular weight is 741 g/mol. The number of aromatic nitrogens is 4. The fraction of sp³-hybridized carbons (Fsp3) is 0. The first-order chi connectivity index (χ1) is 28.7. The van der Waals surface area contributed by atoms with Gasteiger partial charge in [-0.1, -0.05) is 152 Å². The van der Waals surface area contributed by atoms with Crippen molar-refractivity contribution in [1.82, 2.24) is 19.5 Å². The number of para-hydroxylation sites is 2. The van der Waals surface area contributed by atoms with Gasteiger partial charge in [0.15, 0.2) is 17.5 Å². The molecular formula is C53H32N4O. The van der Waals surface area contributed by atoms with Crippen molar-refractivity contribution in [2.45, 2.75) is 0 Å². The van der Waals surface area contributed by atoms with Crippen LogP contribution in [0.5, 0.6) is 0 Å². The molecule has 0 spiro atoms. The standard InChI is InChI=1S/C53H32N4O/c1-2-12-33(13-3-1)35-22-25-36(26-23-35)51-54-52(40-27-24-34-14-4-5-15-37(34)30-40)56-53(55-51)43-28-29-48-49(42-19-9-11-21-47(42)58-48)50(43)57-45-20-10-8-18-41(45)44-31-38-16-6-7-17-39(38)32-46(44)57/h1-32H. The monoisotopic (exact) mass is 740 g/mol. The number of rotatable bonds is 5. The molecule has 58 heavy (non-hydrogen) atoms. The fourth-order valence-corrected chi connectivity index (χ4v) is 8.63. The van der Waals surface area contributed by atoms with Gasteiger partial charge in [-0.2, -0.15) is 0 Å². The Morgan fingerprint density at radius 1 is 0.345 bits per heavy atom. The van der Waals surface area contributed by atoms with Gasteiger partial charge in [0.1, 0.15) is 11.2 Å². The van der Waals surface area contributed by atoms with Crippen LogP contribution in [0.2, 0.25) is 0 Å². The number of hydrogen-bond donors (Lipinski definition) is 0. The van der Waals surface area contributed by atoms with E-state index in [2.05, 4.69) is 180 Å². The van der Waals surface area contributed by atoms with Gasteiger partial charge < -0.3 is 8.98 Å². The van der Waals surface area contributed by atoms with E-state index in [0.29, 0.717) is 17.5 Å². The maximum Gasteiger partial charge on any atom is 0.166 e. The van der Waals surface area contributed by atoms with Crippen LogP contribution in [0.4, 0.5) is 0 Å². The lowest BCUT2D eigenvalue weighted by Crippen LogP contribution is -2.04. The summed E-state index contributed by atoms with van der Waals surface area (Å²) in [6, 6.07) is 68.0. The van der Waals surface area contributed by atoms with E-state index in [1.165, 1.54) is 21.5 Å². The Morgan fingerprint density at radius 3 is 1.74 bits per heavy atom. The maximum absolute atomic E-state index is 6.58. The summed E-state index contributed by atoms with van der Waals surface area (Å²) in [5.74, 6) is 1.78. The van der Waals surface area contributed by atoms with E-state index in [9.17, 15) is 0 Å². The van der Waals surface area contributed by atoms with Crippen LogP contribution >= 0.6 is 0 Å². The molecule has 0 aliphatic carbocycles. The topological polar surface area (TPSA) is 56.7 Å². The predicted octanol–water partition coefficient (Wildman–Crippen LogP) is 13.8. The third-order valence-electron chi connectivity index (χ3n) is 11.4. The van der Waals surface area contributed by atoms with Crippen LogP contribution in [0.25, 0.3) is 116 Å². The molecule has 3 aromatic heterocycles. The fourth-order valence-electron chi connectivity index (χ4n) is 8.63. The summed E-state index contributed by atoms with van der Waals surface area (Å²) in [6.07, 6.45) is 0. The molecule has 0 radical (unpaired) electrons. The van der Waals surface area contributed by atoms with Crippen molar-refractivity contribution in [2.24, 2.45) is 0 Å². The van der Waals surface area contributed by atoms with Gasteiger partial charge in [0.25, 0.3) is 0 Å². The molecule has 0 saturated heterocycles. The first kappa shape index (κ1) is 32.4. The van der Waals surface area contributed by atoms with E-state index in [1.54, 1.807) is 0 Å². The van der Waals surface area contributed by atoms with Crippen molar-refractivity contribution in [1.29, 1.82) is 0 Å². The molecule has 0 unspecified atom stereocenters. The first-order valence-electron chi connectivity index (χ1n) is 19.5. The molecule has 12 aromatic rings. The molecule has 5 heteroatoms. The Hall–Kier alpha value is -7.89. The second kappa shape index (κ2) is 12.8. The van der Waals surface area contributed by atoms with Crippen LogP contribution < -0.4 is 0 Å². The lowest BCUT2D eigenvalue weighted by Gasteiger charge is -2.16. The number of hydrogen-bond acceptors (Lipinski definition) is 4. The van der Waals surface area contributed by atoms with E-state index >= 15 is 0 Å². The quantitative estimate of drug-likeness (QED) is 0.176. The Bertz CT molecular complexity index is 3560. The van der Waals surface area contributed by atoms with Crippen LogP contribution in [0.1, 0.15) is 0 Å². The van der Waals surface area contributed by atoms with Crippen molar-refractivity contribution in [3.63, 3.8) is 0 Å². The molecule has 0 atom stereocenters. The summed E-state index contributed by atoms with van der Waals surface area (Å²) in [6.45, 7) is 0. The van der Waals surface area contributed by atoms with Gasteiger partial charge in [0.2, 0.25) is 0 Å². The van der Waals surface area contributed by atoms with Crippen LogP contribution in [0, 0.1) is 0 Å². The summed E-state index contributed by atoms with van der Waals surface area (Å²) in [4.78, 5) is 15.9. The lowest BCUT2D eigenvalue weighted by atomic mass is 10.0. The zero-order valence-electron chi connectivity index (χ0n) is 31.2. The summed E-state index contributed by atoms with van der Waals surface area (Å²) in [7, 11) is 0. The number of furan rings is 1. The second-order valence-corrected chi connectivity index (χ2v) is 14.8. The molecule has 0 saturated carbocycles. The first-order valence-corrected chi connectivity index (χ1v) is 19.5. The highest BCUT2D eigenvalue weighted by Gasteiger charge is 2.24. The molecule has 0 N–H and O–H groups in total. The highest BCUT2D eigenvalue weighted by Crippen LogP contribution is 2.44. The molecule has 0 bridgehead atoms. The predicted molar refractivity (Wildman–Crippen MR) is 238 cm³/mol. The molecular weight excluding hydrogens is 709 g/mol. The zero-order chi connectivity index (χ0) is 38.2. The largest absolute Gasteiger partial charge is 0.456 e. The van der Waals surface area contributed by atoms with Gasteiger partial charge in [0, 0.05) is 32.8 Å². The molecule has 0 fully saturated rings. The van der Waals surface area contributed by atoms with Gasteiger partial charge in [-0.3, -0.25) is 0 Å². The van der Waals surface area contributed by atoms with Crippen LogP contribution in [0.15, 0.2) is 199 Å². The number of nitrogens with zero attached hydrogens (tertiary/aromatic N) is 4. The Labute approximate surface area is 333 Å². The van der Waals surface area contributed by atoms with E-state index in [0.717, 1.165) is 77.2 Å². The van der Waals surface area contributed by atoms with Gasteiger partial charge in [-0.15, -0.1) is 0 Å². The Kier molecular flexibility index (Phi) is 7.16. The van der Waals surface area contributed by atoms with Crippen LogP contribution in [-0.4, -0.2) is 19.5 Å². The molecule has 270 valence electrons. The molecule has 5 nitrogen and oxygen atoms in total. The molecule has 9 aromatic carbocycles. The van der Waals surface area contributed by atoms with Gasteiger partial charge in [-0.25, -0.2) is 15.0 Å². The minimum Gasteiger partial charge on any atom is -0.456 e. The summed E-state index contributed by atoms with van der Waals surface area (Å²) in [5, 5.41) is 9.04. The van der Waals surface area contributed by atoms with Crippen LogP contribution in [-0.2, 0) is 0 Å². The molecule has 3 heterocycles. The van der Waals surface area contributed by atoms with E-state index in [4.69, 9.17) is 19.4 Å². The Morgan fingerprint density at radius 2 is 0.931 bits per heavy atom. The number of fused-ring (bicyclic) bond motifs is 8. The normalized spacial score (nSPS) is 11.8. The molecule has 0 aliphatic rings. The summed E-state index contributed by atoms with van der Waals surface area (Å²) < 4.78 is 8.98. The van der Waals surface area contributed by atoms with Crippen LogP contribution in [0.3, 0.4) is 0 Å². The smallest absolute Gasteiger partial charge is 0.166 e. The minimum atomic E-state index is 0.578. The lowest BCUT2D eigenvalue weighted by molar-refractivity contribution is 0.669. The third-order valence-corrected chi connectivity index (χ3v) is 11.4. The summed E-state index contributed by atoms with van der Waals surface area (Å²) >= 11 is 0. The van der Waals surface area contributed by atoms with Gasteiger partial charge in [0.05, 0.1) is 22.1 Å². The third kappa shape index (κ3) is 5.14. The van der Waals surface area contributed by atoms with Crippen molar-refractivity contribution < 1.29 is 4.42 Å². The van der Waals surface area contributed by atoms with E-state index in [-0.39, 0.29) is 0 Å². The minimum absolute atomic E-state index is 0.578. The highest BCUT2D eigenvalue weighted by molar-refractivity contribution is 6.18. The van der Waals surface area contributed by atoms with Crippen molar-refractivity contribution >= 4 is 65.3 Å². The molecule has 0 aliphatic heterocycles. The van der Waals surface area contributed by atoms with Crippen molar-refractivity contribution in [3.05, 3.63) is 194 Å². The van der Waals surface area contributed by atoms with Gasteiger partial charge >= 0.3 is 0 Å². The van der Waals surface area contributed by atoms with Crippen molar-refractivity contribution in [3.8, 4) is 51.0 Å².